The van der Waals surface area contributed by atoms with Crippen LogP contribution in [0.3, 0.4) is 0 Å². The van der Waals surface area contributed by atoms with Crippen molar-refractivity contribution in [3.63, 3.8) is 0 Å². The first-order valence-electron chi connectivity index (χ1n) is 6.48. The minimum atomic E-state index is 0.410. The topological polar surface area (TPSA) is 15.3 Å². The van der Waals surface area contributed by atoms with Crippen LogP contribution in [-0.2, 0) is 0 Å². The van der Waals surface area contributed by atoms with Gasteiger partial charge in [0, 0.05) is 24.7 Å². The summed E-state index contributed by atoms with van der Waals surface area (Å²) >= 11 is 0. The summed E-state index contributed by atoms with van der Waals surface area (Å²) in [6, 6.07) is 0.696. The molecule has 1 unspecified atom stereocenters. The molecule has 90 valence electrons. The largest absolute Gasteiger partial charge is 0.311 e. The van der Waals surface area contributed by atoms with Crippen LogP contribution in [-0.4, -0.2) is 36.6 Å². The van der Waals surface area contributed by atoms with Crippen LogP contribution in [0.2, 0.25) is 0 Å². The number of likely N-dealkylation sites (N-methyl/N-ethyl adjacent to an activating group) is 1. The average Bonchev–Trinajstić information content (AvgIpc) is 2.18. The molecule has 1 saturated heterocycles. The standard InChI is InChI=1S/C13H28N2/c1-6-13(7-2)10-14-12(8-11(3)4)9-15(13)5/h11-12,14H,6-10H2,1-5H3. The summed E-state index contributed by atoms with van der Waals surface area (Å²) in [5.74, 6) is 0.798. The van der Waals surface area contributed by atoms with Gasteiger partial charge in [0.2, 0.25) is 0 Å². The van der Waals surface area contributed by atoms with E-state index in [0.717, 1.165) is 12.5 Å². The molecule has 1 aliphatic rings. The monoisotopic (exact) mass is 212 g/mol. The van der Waals surface area contributed by atoms with Crippen molar-refractivity contribution in [2.24, 2.45) is 5.92 Å². The van der Waals surface area contributed by atoms with E-state index < -0.39 is 0 Å². The second-order valence-corrected chi connectivity index (χ2v) is 5.52. The lowest BCUT2D eigenvalue weighted by Gasteiger charge is -2.48. The van der Waals surface area contributed by atoms with Crippen molar-refractivity contribution in [2.45, 2.75) is 58.5 Å². The Kier molecular flexibility index (Phi) is 4.60. The van der Waals surface area contributed by atoms with Gasteiger partial charge >= 0.3 is 0 Å². The van der Waals surface area contributed by atoms with Crippen molar-refractivity contribution in [2.75, 3.05) is 20.1 Å². The number of piperazine rings is 1. The molecule has 1 aliphatic heterocycles. The van der Waals surface area contributed by atoms with Crippen LogP contribution in [0, 0.1) is 5.92 Å². The minimum absolute atomic E-state index is 0.410. The fourth-order valence-corrected chi connectivity index (χ4v) is 2.82. The van der Waals surface area contributed by atoms with Gasteiger partial charge in [-0.2, -0.15) is 0 Å². The molecule has 2 heteroatoms. The molecule has 0 spiro atoms. The van der Waals surface area contributed by atoms with E-state index in [9.17, 15) is 0 Å². The lowest BCUT2D eigenvalue weighted by atomic mass is 9.86. The molecule has 1 rings (SSSR count). The van der Waals surface area contributed by atoms with Gasteiger partial charge in [-0.15, -0.1) is 0 Å². The highest BCUT2D eigenvalue weighted by Crippen LogP contribution is 2.26. The summed E-state index contributed by atoms with van der Waals surface area (Å²) in [5.41, 5.74) is 0.410. The lowest BCUT2D eigenvalue weighted by molar-refractivity contribution is 0.0518. The molecule has 2 nitrogen and oxygen atoms in total. The number of rotatable bonds is 4. The van der Waals surface area contributed by atoms with E-state index in [2.05, 4.69) is 45.0 Å². The molecule has 0 amide bonds. The summed E-state index contributed by atoms with van der Waals surface area (Å²) in [5, 5.41) is 3.73. The van der Waals surface area contributed by atoms with Gasteiger partial charge in [0.1, 0.15) is 0 Å². The van der Waals surface area contributed by atoms with Crippen LogP contribution in [0.1, 0.15) is 47.0 Å². The Balaban J connectivity index is 2.54. The SMILES string of the molecule is CCC1(CC)CNC(CC(C)C)CN1C. The summed E-state index contributed by atoms with van der Waals surface area (Å²) in [4.78, 5) is 2.58. The molecule has 0 aromatic rings. The summed E-state index contributed by atoms with van der Waals surface area (Å²) in [6.45, 7) is 11.6. The van der Waals surface area contributed by atoms with Crippen LogP contribution < -0.4 is 5.32 Å². The zero-order chi connectivity index (χ0) is 11.5. The van der Waals surface area contributed by atoms with Gasteiger partial charge in [-0.25, -0.2) is 0 Å². The van der Waals surface area contributed by atoms with Crippen molar-refractivity contribution < 1.29 is 0 Å². The highest BCUT2D eigenvalue weighted by molar-refractivity contribution is 4.96. The van der Waals surface area contributed by atoms with Gasteiger partial charge < -0.3 is 5.32 Å². The van der Waals surface area contributed by atoms with Gasteiger partial charge in [0.25, 0.3) is 0 Å². The molecule has 0 aliphatic carbocycles. The van der Waals surface area contributed by atoms with Crippen molar-refractivity contribution >= 4 is 0 Å². The van der Waals surface area contributed by atoms with Crippen LogP contribution in [0.5, 0.6) is 0 Å². The molecule has 0 radical (unpaired) electrons. The van der Waals surface area contributed by atoms with E-state index in [1.807, 2.05) is 0 Å². The summed E-state index contributed by atoms with van der Waals surface area (Å²) in [6.07, 6.45) is 3.80. The lowest BCUT2D eigenvalue weighted by Crippen LogP contribution is -2.62. The first-order chi connectivity index (χ1) is 7.04. The minimum Gasteiger partial charge on any atom is -0.311 e. The van der Waals surface area contributed by atoms with Gasteiger partial charge in [0.05, 0.1) is 0 Å². The third-order valence-corrected chi connectivity index (χ3v) is 4.10. The molecule has 15 heavy (non-hydrogen) atoms. The Morgan fingerprint density at radius 3 is 2.33 bits per heavy atom. The summed E-state index contributed by atoms with van der Waals surface area (Å²) in [7, 11) is 2.29. The number of hydrogen-bond acceptors (Lipinski definition) is 2. The Bertz CT molecular complexity index is 185. The van der Waals surface area contributed by atoms with E-state index in [-0.39, 0.29) is 0 Å². The number of nitrogens with one attached hydrogen (secondary N) is 1. The van der Waals surface area contributed by atoms with Crippen molar-refractivity contribution in [3.05, 3.63) is 0 Å². The van der Waals surface area contributed by atoms with Gasteiger partial charge in [-0.1, -0.05) is 27.7 Å². The van der Waals surface area contributed by atoms with Crippen molar-refractivity contribution in [1.29, 1.82) is 0 Å². The second-order valence-electron chi connectivity index (χ2n) is 5.52. The fourth-order valence-electron chi connectivity index (χ4n) is 2.82. The summed E-state index contributed by atoms with van der Waals surface area (Å²) < 4.78 is 0. The van der Waals surface area contributed by atoms with E-state index >= 15 is 0 Å². The van der Waals surface area contributed by atoms with Gasteiger partial charge in [-0.05, 0) is 32.2 Å². The third kappa shape index (κ3) is 2.94. The molecule has 1 fully saturated rings. The fraction of sp³-hybridized carbons (Fsp3) is 1.00. The normalized spacial score (nSPS) is 27.2. The Hall–Kier alpha value is -0.0800. The Labute approximate surface area is 95.4 Å². The first kappa shape index (κ1) is 13.0. The maximum absolute atomic E-state index is 3.73. The molecule has 0 aromatic heterocycles. The van der Waals surface area contributed by atoms with Crippen molar-refractivity contribution in [3.8, 4) is 0 Å². The molecule has 0 saturated carbocycles. The van der Waals surface area contributed by atoms with Crippen LogP contribution in [0.15, 0.2) is 0 Å². The molecular formula is C13H28N2. The van der Waals surface area contributed by atoms with Crippen LogP contribution in [0.4, 0.5) is 0 Å². The predicted octanol–water partition coefficient (Wildman–Crippen LogP) is 2.49. The quantitative estimate of drug-likeness (QED) is 0.770. The van der Waals surface area contributed by atoms with E-state index in [1.54, 1.807) is 0 Å². The van der Waals surface area contributed by atoms with E-state index in [1.165, 1.54) is 25.8 Å². The highest BCUT2D eigenvalue weighted by atomic mass is 15.2. The van der Waals surface area contributed by atoms with E-state index in [0.29, 0.717) is 11.6 Å². The maximum Gasteiger partial charge on any atom is 0.0326 e. The molecular weight excluding hydrogens is 184 g/mol. The average molecular weight is 212 g/mol. The predicted molar refractivity (Wildman–Crippen MR) is 67.2 cm³/mol. The van der Waals surface area contributed by atoms with Crippen LogP contribution >= 0.6 is 0 Å². The first-order valence-corrected chi connectivity index (χ1v) is 6.48. The van der Waals surface area contributed by atoms with Gasteiger partial charge in [0.15, 0.2) is 0 Å². The molecule has 1 atom stereocenters. The van der Waals surface area contributed by atoms with Gasteiger partial charge in [-0.3, -0.25) is 4.90 Å². The Morgan fingerprint density at radius 1 is 1.33 bits per heavy atom. The highest BCUT2D eigenvalue weighted by Gasteiger charge is 2.36. The zero-order valence-electron chi connectivity index (χ0n) is 11.1. The molecule has 0 bridgehead atoms. The molecule has 1 heterocycles. The van der Waals surface area contributed by atoms with Crippen molar-refractivity contribution in [1.82, 2.24) is 10.2 Å². The Morgan fingerprint density at radius 2 is 1.93 bits per heavy atom. The number of nitrogens with zero attached hydrogens (tertiary/aromatic N) is 1. The zero-order valence-corrected chi connectivity index (χ0v) is 11.1. The maximum atomic E-state index is 3.73. The number of hydrogen-bond donors (Lipinski definition) is 1. The molecule has 0 aromatic carbocycles. The second kappa shape index (κ2) is 5.31. The third-order valence-electron chi connectivity index (χ3n) is 4.10. The van der Waals surface area contributed by atoms with E-state index in [4.69, 9.17) is 0 Å². The van der Waals surface area contributed by atoms with Crippen LogP contribution in [0.25, 0.3) is 0 Å². The molecule has 1 N–H and O–H groups in total. The smallest absolute Gasteiger partial charge is 0.0326 e.